The summed E-state index contributed by atoms with van der Waals surface area (Å²) < 4.78 is 2.64. The van der Waals surface area contributed by atoms with E-state index < -0.39 is 0 Å². The van der Waals surface area contributed by atoms with Crippen molar-refractivity contribution in [3.8, 4) is 33.9 Å². The van der Waals surface area contributed by atoms with Crippen LogP contribution in [0.25, 0.3) is 76.1 Å². The van der Waals surface area contributed by atoms with Crippen LogP contribution in [-0.4, -0.2) is 15.7 Å². The Morgan fingerprint density at radius 2 is 1.18 bits per heavy atom. The van der Waals surface area contributed by atoms with Gasteiger partial charge < -0.3 is 0 Å². The monoisotopic (exact) mass is 753 g/mol. The van der Waals surface area contributed by atoms with E-state index in [1.54, 1.807) is 0 Å². The minimum atomic E-state index is 0.737. The molecule has 0 fully saturated rings. The number of benzene rings is 7. The maximum atomic E-state index is 5.00. The fourth-order valence-corrected chi connectivity index (χ4v) is 8.36. The van der Waals surface area contributed by atoms with Crippen LogP contribution in [0.2, 0.25) is 0 Å². The first kappa shape index (κ1) is 37.2. The molecule has 0 saturated carbocycles. The third-order valence-electron chi connectivity index (χ3n) is 10.4. The predicted molar refractivity (Wildman–Crippen MR) is 247 cm³/mol. The van der Waals surface area contributed by atoms with E-state index in [0.717, 1.165) is 73.1 Å². The molecule has 0 bridgehead atoms. The van der Waals surface area contributed by atoms with Crippen LogP contribution < -0.4 is 0 Å². The predicted octanol–water partition coefficient (Wildman–Crippen LogP) is 14.8. The molecule has 3 nitrogen and oxygen atoms in total. The van der Waals surface area contributed by atoms with Gasteiger partial charge in [0.25, 0.3) is 0 Å². The maximum Gasteiger partial charge on any atom is 0.160 e. The molecule has 4 heteroatoms. The summed E-state index contributed by atoms with van der Waals surface area (Å²) in [6.45, 7) is 16.5. The molecule has 0 atom stereocenters. The molecule has 2 aromatic heterocycles. The summed E-state index contributed by atoms with van der Waals surface area (Å²) in [5.74, 6) is 0.737. The second-order valence-electron chi connectivity index (χ2n) is 14.4. The summed E-state index contributed by atoms with van der Waals surface area (Å²) >= 11 is 1.85. The van der Waals surface area contributed by atoms with E-state index in [9.17, 15) is 0 Å². The Balaban J connectivity index is 0.000000160. The maximum absolute atomic E-state index is 5.00. The largest absolute Gasteiger partial charge is 0.253 e. The van der Waals surface area contributed by atoms with Crippen molar-refractivity contribution in [3.05, 3.63) is 205 Å². The number of allylic oxidation sites excluding steroid dienone is 1. The van der Waals surface area contributed by atoms with E-state index in [4.69, 9.17) is 15.0 Å². The van der Waals surface area contributed by atoms with Gasteiger partial charge in [-0.05, 0) is 78.9 Å². The van der Waals surface area contributed by atoms with E-state index >= 15 is 0 Å². The number of thiophene rings is 1. The summed E-state index contributed by atoms with van der Waals surface area (Å²) in [6, 6.07) is 56.9. The van der Waals surface area contributed by atoms with Gasteiger partial charge in [0.05, 0.1) is 17.1 Å². The number of nitrogens with zero attached hydrogens (tertiary/aromatic N) is 3. The molecule has 0 N–H and O–H groups in total. The van der Waals surface area contributed by atoms with Gasteiger partial charge in [-0.25, -0.2) is 9.97 Å². The fourth-order valence-electron chi connectivity index (χ4n) is 7.26. The fraction of sp³-hybridized carbons (Fsp3) is 0.0755. The topological polar surface area (TPSA) is 38.1 Å². The molecule has 0 saturated heterocycles. The molecular formula is C53H43N3S. The van der Waals surface area contributed by atoms with Crippen LogP contribution in [0.3, 0.4) is 0 Å². The molecule has 0 radical (unpaired) electrons. The number of aromatic nitrogens is 2. The third kappa shape index (κ3) is 7.73. The van der Waals surface area contributed by atoms with E-state index in [0.29, 0.717) is 0 Å². The summed E-state index contributed by atoms with van der Waals surface area (Å²) in [5, 5.41) is 5.23. The van der Waals surface area contributed by atoms with Gasteiger partial charge in [-0.2, -0.15) is 0 Å². The SMILES string of the molecule is C=C(C)c1ccc(-c2nc(-c3ccccc3)c(C)c(-c3ccccc3C)n2)cc1.C=C(N=C(C)c1ccc2sc3ccc4ccccc4c3c2c1)c1ccccc1. The van der Waals surface area contributed by atoms with Gasteiger partial charge in [0.2, 0.25) is 0 Å². The highest BCUT2D eigenvalue weighted by Crippen LogP contribution is 2.39. The second-order valence-corrected chi connectivity index (χ2v) is 15.5. The highest BCUT2D eigenvalue weighted by Gasteiger charge is 2.17. The Morgan fingerprint density at radius 3 is 1.91 bits per heavy atom. The van der Waals surface area contributed by atoms with Crippen molar-refractivity contribution in [1.29, 1.82) is 0 Å². The zero-order chi connectivity index (χ0) is 39.5. The molecule has 0 amide bonds. The minimum Gasteiger partial charge on any atom is -0.253 e. The molecule has 0 aliphatic heterocycles. The molecular weight excluding hydrogens is 711 g/mol. The molecule has 276 valence electrons. The van der Waals surface area contributed by atoms with Crippen molar-refractivity contribution in [1.82, 2.24) is 9.97 Å². The normalized spacial score (nSPS) is 11.4. The van der Waals surface area contributed by atoms with Crippen LogP contribution in [0.5, 0.6) is 0 Å². The number of aliphatic imine (C=N–C) groups is 1. The summed E-state index contributed by atoms with van der Waals surface area (Å²) in [5.41, 5.74) is 13.6. The molecule has 2 heterocycles. The van der Waals surface area contributed by atoms with Crippen LogP contribution >= 0.6 is 11.3 Å². The van der Waals surface area contributed by atoms with E-state index in [1.165, 1.54) is 36.5 Å². The number of aryl methyl sites for hydroxylation is 1. The van der Waals surface area contributed by atoms with Gasteiger partial charge in [0.1, 0.15) is 0 Å². The first-order valence-electron chi connectivity index (χ1n) is 19.2. The van der Waals surface area contributed by atoms with E-state index in [1.807, 2.05) is 66.8 Å². The lowest BCUT2D eigenvalue weighted by Gasteiger charge is -2.15. The van der Waals surface area contributed by atoms with Crippen LogP contribution in [0.1, 0.15) is 41.7 Å². The zero-order valence-corrected chi connectivity index (χ0v) is 33.6. The highest BCUT2D eigenvalue weighted by atomic mass is 32.1. The van der Waals surface area contributed by atoms with Gasteiger partial charge in [-0.15, -0.1) is 11.3 Å². The van der Waals surface area contributed by atoms with Crippen molar-refractivity contribution in [2.24, 2.45) is 4.99 Å². The van der Waals surface area contributed by atoms with Gasteiger partial charge in [0.15, 0.2) is 5.82 Å². The Labute approximate surface area is 339 Å². The van der Waals surface area contributed by atoms with Crippen molar-refractivity contribution >= 4 is 59.3 Å². The molecule has 0 spiro atoms. The van der Waals surface area contributed by atoms with Crippen LogP contribution in [0.15, 0.2) is 182 Å². The quantitative estimate of drug-likeness (QED) is 0.152. The molecule has 9 aromatic rings. The molecule has 7 aromatic carbocycles. The lowest BCUT2D eigenvalue weighted by atomic mass is 9.98. The average molecular weight is 754 g/mol. The van der Waals surface area contributed by atoms with E-state index in [2.05, 4.69) is 149 Å². The van der Waals surface area contributed by atoms with Crippen molar-refractivity contribution in [3.63, 3.8) is 0 Å². The highest BCUT2D eigenvalue weighted by molar-refractivity contribution is 7.26. The summed E-state index contributed by atoms with van der Waals surface area (Å²) in [6.07, 6.45) is 0. The van der Waals surface area contributed by atoms with Crippen LogP contribution in [0, 0.1) is 13.8 Å². The number of rotatable bonds is 7. The first-order chi connectivity index (χ1) is 27.7. The van der Waals surface area contributed by atoms with Crippen LogP contribution in [-0.2, 0) is 0 Å². The Hall–Kier alpha value is -6.75. The zero-order valence-electron chi connectivity index (χ0n) is 32.8. The molecule has 9 rings (SSSR count). The molecule has 0 unspecified atom stereocenters. The lowest BCUT2D eigenvalue weighted by molar-refractivity contribution is 1.14. The number of hydrogen-bond acceptors (Lipinski definition) is 4. The number of fused-ring (bicyclic) bond motifs is 5. The van der Waals surface area contributed by atoms with Crippen molar-refractivity contribution in [2.75, 3.05) is 0 Å². The summed E-state index contributed by atoms with van der Waals surface area (Å²) in [7, 11) is 0. The standard InChI is InChI=1S/C27H24N2.C26H19NS/c1-18(2)21-14-16-23(17-15-21)27-28-25(22-11-6-5-7-12-22)20(4)26(29-27)24-13-9-8-10-19(24)3;1-17(19-8-4-3-5-9-19)27-18(2)21-13-14-24-23(16-21)26-22-11-7-6-10-20(22)12-15-25(26)28-24/h5-17H,1H2,2-4H3;3-16H,1H2,2H3. The second kappa shape index (κ2) is 16.2. The number of hydrogen-bond donors (Lipinski definition) is 0. The minimum absolute atomic E-state index is 0.737. The van der Waals surface area contributed by atoms with Gasteiger partial charge in [-0.1, -0.05) is 164 Å². The smallest absolute Gasteiger partial charge is 0.160 e. The molecule has 57 heavy (non-hydrogen) atoms. The Bertz CT molecular complexity index is 2960. The first-order valence-corrected chi connectivity index (χ1v) is 20.0. The van der Waals surface area contributed by atoms with Crippen molar-refractivity contribution < 1.29 is 0 Å². The van der Waals surface area contributed by atoms with Gasteiger partial charge in [-0.3, -0.25) is 4.99 Å². The van der Waals surface area contributed by atoms with E-state index in [-0.39, 0.29) is 0 Å². The Kier molecular flexibility index (Phi) is 10.5. The summed E-state index contributed by atoms with van der Waals surface area (Å²) in [4.78, 5) is 14.7. The molecule has 0 aliphatic carbocycles. The van der Waals surface area contributed by atoms with Crippen molar-refractivity contribution in [2.45, 2.75) is 27.7 Å². The van der Waals surface area contributed by atoms with Gasteiger partial charge >= 0.3 is 0 Å². The van der Waals surface area contributed by atoms with Gasteiger partial charge in [0, 0.05) is 48.1 Å². The average Bonchev–Trinajstić information content (AvgIpc) is 3.63. The Morgan fingerprint density at radius 1 is 0.544 bits per heavy atom. The molecule has 0 aliphatic rings. The lowest BCUT2D eigenvalue weighted by Crippen LogP contribution is -2.01. The van der Waals surface area contributed by atoms with Crippen LogP contribution in [0.4, 0.5) is 0 Å². The third-order valence-corrected chi connectivity index (χ3v) is 11.6.